The predicted molar refractivity (Wildman–Crippen MR) is 523 cm³/mol. The van der Waals surface area contributed by atoms with Crippen molar-refractivity contribution in [3.8, 4) is 0 Å². The molecule has 0 fully saturated rings. The molecule has 726 valence electrons. The second-order valence-corrected chi connectivity index (χ2v) is 36.6. The first-order chi connectivity index (χ1) is 58.6. The molecule has 6 N–H and O–H groups in total. The Bertz CT molecular complexity index is 1570. The Morgan fingerprint density at radius 1 is 0.115 bits per heavy atom. The minimum absolute atomic E-state index is 0. The van der Waals surface area contributed by atoms with Gasteiger partial charge in [-0.15, -0.1) is 0 Å². The van der Waals surface area contributed by atoms with E-state index in [1.54, 1.807) is 0 Å². The van der Waals surface area contributed by atoms with Gasteiger partial charge in [-0.2, -0.15) is 0 Å². The van der Waals surface area contributed by atoms with Gasteiger partial charge >= 0.3 is 35.8 Å². The van der Waals surface area contributed by atoms with Gasteiger partial charge in [0.1, 0.15) is 0 Å². The summed E-state index contributed by atoms with van der Waals surface area (Å²) in [7, 11) is 0. The van der Waals surface area contributed by atoms with Crippen molar-refractivity contribution in [2.24, 2.45) is 0 Å². The van der Waals surface area contributed by atoms with E-state index in [2.05, 4.69) is 41.5 Å². The minimum Gasteiger partial charge on any atom is -0.481 e. The fourth-order valence-corrected chi connectivity index (χ4v) is 15.9. The molecule has 12 nitrogen and oxygen atoms in total. The molecule has 122 heavy (non-hydrogen) atoms. The van der Waals surface area contributed by atoms with Crippen LogP contribution in [-0.2, 0) is 74.4 Å². The minimum atomic E-state index is -0.653. The van der Waals surface area contributed by atoms with Gasteiger partial charge in [0.25, 0.3) is 0 Å². The molecule has 0 saturated heterocycles. The third-order valence-electron chi connectivity index (χ3n) is 24.0. The fourth-order valence-electron chi connectivity index (χ4n) is 15.9. The Kier molecular flexibility index (Phi) is 147. The summed E-state index contributed by atoms with van der Waals surface area (Å²) in [6.45, 7) is 13.6. The van der Waals surface area contributed by atoms with Crippen molar-refractivity contribution in [1.29, 1.82) is 0 Å². The van der Waals surface area contributed by atoms with Gasteiger partial charge in [0.15, 0.2) is 0 Å². The van der Waals surface area contributed by atoms with Crippen molar-refractivity contribution in [3.63, 3.8) is 0 Å². The summed E-state index contributed by atoms with van der Waals surface area (Å²) in [4.78, 5) is 62.0. The van der Waals surface area contributed by atoms with Gasteiger partial charge in [-0.3, -0.25) is 28.8 Å². The first-order valence-corrected chi connectivity index (χ1v) is 53.9. The van der Waals surface area contributed by atoms with Gasteiger partial charge in [-0.1, -0.05) is 581 Å². The van der Waals surface area contributed by atoms with Gasteiger partial charge < -0.3 is 30.6 Å². The fraction of sp³-hybridized carbons (Fsp3) is 0.944. The van der Waals surface area contributed by atoms with Crippen LogP contribution in [-0.4, -0.2) is 66.5 Å². The molecule has 0 aromatic heterocycles. The number of rotatable bonds is 96. The first kappa shape index (κ1) is 136. The van der Waals surface area contributed by atoms with Crippen molar-refractivity contribution in [2.45, 2.75) is 658 Å². The number of aliphatic carboxylic acids is 6. The third-order valence-corrected chi connectivity index (χ3v) is 24.0. The first-order valence-electron chi connectivity index (χ1n) is 53.9. The molecule has 0 aliphatic heterocycles. The average molecular weight is 1860 g/mol. The van der Waals surface area contributed by atoms with Crippen LogP contribution in [0, 0.1) is 0 Å². The number of hydrogen-bond donors (Lipinski definition) is 6. The number of carboxylic acid groups (broad SMARTS) is 6. The van der Waals surface area contributed by atoms with Crippen molar-refractivity contribution >= 4 is 35.8 Å². The van der Waals surface area contributed by atoms with Crippen LogP contribution >= 0.6 is 0 Å². The maximum atomic E-state index is 10.3. The number of carbonyl (C=O) groups is 6. The summed E-state index contributed by atoms with van der Waals surface area (Å²) >= 11 is 0. The van der Waals surface area contributed by atoms with Crippen LogP contribution in [0.1, 0.15) is 658 Å². The smallest absolute Gasteiger partial charge is 0.303 e. The summed E-state index contributed by atoms with van der Waals surface area (Å²) in [5.41, 5.74) is 0. The van der Waals surface area contributed by atoms with Crippen LogP contribution in [0.4, 0.5) is 0 Å². The molecule has 0 aromatic rings. The quantitative estimate of drug-likeness (QED) is 0.0247. The molecule has 0 atom stereocenters. The zero-order valence-corrected chi connectivity index (χ0v) is 88.6. The molecule has 0 bridgehead atoms. The van der Waals surface area contributed by atoms with E-state index in [0.717, 1.165) is 77.0 Å². The monoisotopic (exact) mass is 1860 g/mol. The van der Waals surface area contributed by atoms with E-state index in [1.807, 2.05) is 0 Å². The van der Waals surface area contributed by atoms with Gasteiger partial charge in [-0.25, -0.2) is 0 Å². The van der Waals surface area contributed by atoms with Gasteiger partial charge in [-0.05, 0) is 38.5 Å². The molecule has 14 heteroatoms. The Balaban J connectivity index is -0.000000212. The molecule has 0 saturated carbocycles. The third kappa shape index (κ3) is 162. The van der Waals surface area contributed by atoms with Crippen molar-refractivity contribution in [3.05, 3.63) is 0 Å². The van der Waals surface area contributed by atoms with Crippen LogP contribution in [0.15, 0.2) is 0 Å². The Hall–Kier alpha value is -1.67. The zero-order valence-electron chi connectivity index (χ0n) is 83.2. The number of carboxylic acids is 6. The van der Waals surface area contributed by atoms with Crippen LogP contribution in [0.2, 0.25) is 0 Å². The van der Waals surface area contributed by atoms with E-state index in [1.165, 1.54) is 501 Å². The topological polar surface area (TPSA) is 224 Å². The molecule has 0 aliphatic rings. The Labute approximate surface area is 793 Å². The summed E-state index contributed by atoms with van der Waals surface area (Å²) in [6.07, 6.45) is 121. The molecule has 0 aliphatic carbocycles. The summed E-state index contributed by atoms with van der Waals surface area (Å²) in [6, 6.07) is 0. The molecule has 0 radical (unpaired) electrons. The largest absolute Gasteiger partial charge is 0.481 e. The van der Waals surface area contributed by atoms with Gasteiger partial charge in [0.2, 0.25) is 0 Å². The standard InChI is InChI=1S/6C18H36O2.Zn.Zr/c6*1-2-3-4-5-6-7-8-9-10-11-12-13-14-15-16-17-18(19)20;;/h6*2-17H2,1H3,(H,19,20);;. The van der Waals surface area contributed by atoms with E-state index in [9.17, 15) is 28.8 Å². The molecule has 0 spiro atoms. The van der Waals surface area contributed by atoms with E-state index >= 15 is 0 Å². The van der Waals surface area contributed by atoms with Gasteiger partial charge in [0, 0.05) is 84.2 Å². The Morgan fingerprint density at radius 3 is 0.213 bits per heavy atom. The van der Waals surface area contributed by atoms with E-state index in [4.69, 9.17) is 30.6 Å². The molecular formula is C108H216O12ZnZr. The van der Waals surface area contributed by atoms with E-state index < -0.39 is 35.8 Å². The maximum absolute atomic E-state index is 10.3. The molecular weight excluding hydrogens is 1650 g/mol. The van der Waals surface area contributed by atoms with Crippen molar-refractivity contribution in [1.82, 2.24) is 0 Å². The second kappa shape index (κ2) is 132. The normalized spacial score (nSPS) is 10.7. The van der Waals surface area contributed by atoms with Crippen LogP contribution in [0.25, 0.3) is 0 Å². The summed E-state index contributed by atoms with van der Waals surface area (Å²) in [5, 5.41) is 51.1. The molecule has 0 amide bonds. The molecule has 0 heterocycles. The zero-order chi connectivity index (χ0) is 89.3. The van der Waals surface area contributed by atoms with Crippen molar-refractivity contribution < 1.29 is 105 Å². The maximum Gasteiger partial charge on any atom is 0.303 e. The van der Waals surface area contributed by atoms with Crippen LogP contribution < -0.4 is 0 Å². The van der Waals surface area contributed by atoms with E-state index in [0.29, 0.717) is 38.5 Å². The Morgan fingerprint density at radius 2 is 0.164 bits per heavy atom. The molecule has 0 rings (SSSR count). The van der Waals surface area contributed by atoms with Gasteiger partial charge in [0.05, 0.1) is 0 Å². The second-order valence-electron chi connectivity index (χ2n) is 36.6. The van der Waals surface area contributed by atoms with E-state index in [-0.39, 0.29) is 45.7 Å². The van der Waals surface area contributed by atoms with Crippen molar-refractivity contribution in [2.75, 3.05) is 0 Å². The van der Waals surface area contributed by atoms with Crippen LogP contribution in [0.3, 0.4) is 0 Å². The summed E-state index contributed by atoms with van der Waals surface area (Å²) < 4.78 is 0. The summed E-state index contributed by atoms with van der Waals surface area (Å²) in [5.74, 6) is -3.92. The SMILES string of the molecule is CCCCCCCCCCCCCCCCCC(=O)O.CCCCCCCCCCCCCCCCCC(=O)O.CCCCCCCCCCCCCCCCCC(=O)O.CCCCCCCCCCCCCCCCCC(=O)O.CCCCCCCCCCCCCCCCCC(=O)O.CCCCCCCCCCCCCCCCCC(=O)O.[Zn].[Zr]. The van der Waals surface area contributed by atoms with Crippen LogP contribution in [0.5, 0.6) is 0 Å². The average Bonchev–Trinajstić information content (AvgIpc) is 1.20. The molecule has 0 aromatic carbocycles. The number of hydrogen-bond acceptors (Lipinski definition) is 6. The number of unbranched alkanes of at least 4 members (excludes halogenated alkanes) is 84. The predicted octanol–water partition coefficient (Wildman–Crippen LogP) is 38.0. The molecule has 0 unspecified atom stereocenters.